The fourth-order valence-electron chi connectivity index (χ4n) is 6.37. The third-order valence-corrected chi connectivity index (χ3v) is 8.66. The molecule has 34 heavy (non-hydrogen) atoms. The molecule has 1 heterocycles. The van der Waals surface area contributed by atoms with E-state index in [1.54, 1.807) is 11.9 Å². The lowest BCUT2D eigenvalue weighted by molar-refractivity contribution is -0.134. The summed E-state index contributed by atoms with van der Waals surface area (Å²) in [6.07, 6.45) is 9.90. The number of amides is 5. The van der Waals surface area contributed by atoms with E-state index in [4.69, 9.17) is 0 Å². The Balaban J connectivity index is 1.20. The van der Waals surface area contributed by atoms with Crippen LogP contribution in [0.15, 0.2) is 0 Å². The summed E-state index contributed by atoms with van der Waals surface area (Å²) >= 11 is 0. The highest BCUT2D eigenvalue weighted by molar-refractivity contribution is 5.90. The Morgan fingerprint density at radius 2 is 1.56 bits per heavy atom. The first-order valence-corrected chi connectivity index (χ1v) is 13.2. The maximum Gasteiger partial charge on any atom is 0.315 e. The van der Waals surface area contributed by atoms with Gasteiger partial charge in [0.15, 0.2) is 0 Å². The largest absolute Gasteiger partial charge is 0.353 e. The molecule has 4 fully saturated rings. The van der Waals surface area contributed by atoms with E-state index < -0.39 is 0 Å². The second kappa shape index (κ2) is 11.0. The van der Waals surface area contributed by atoms with Gasteiger partial charge in [0.2, 0.25) is 17.7 Å². The van der Waals surface area contributed by atoms with Crippen molar-refractivity contribution in [1.82, 2.24) is 26.2 Å². The molecule has 3 saturated carbocycles. The minimum Gasteiger partial charge on any atom is -0.353 e. The molecule has 4 N–H and O–H groups in total. The number of likely N-dealkylation sites (N-methyl/N-ethyl adjacent to an activating group) is 1. The molecule has 0 radical (unpaired) electrons. The van der Waals surface area contributed by atoms with Crippen LogP contribution < -0.4 is 21.3 Å². The van der Waals surface area contributed by atoms with Gasteiger partial charge < -0.3 is 26.2 Å². The Morgan fingerprint density at radius 3 is 2.26 bits per heavy atom. The first-order valence-electron chi connectivity index (χ1n) is 13.2. The van der Waals surface area contributed by atoms with Crippen LogP contribution in [0.1, 0.15) is 77.6 Å². The van der Waals surface area contributed by atoms with E-state index in [2.05, 4.69) is 28.2 Å². The molecule has 0 aromatic carbocycles. The van der Waals surface area contributed by atoms with Gasteiger partial charge in [0.1, 0.15) is 0 Å². The summed E-state index contributed by atoms with van der Waals surface area (Å²) in [4.78, 5) is 51.7. The van der Waals surface area contributed by atoms with Gasteiger partial charge in [0.05, 0.1) is 12.5 Å². The van der Waals surface area contributed by atoms with E-state index in [1.165, 1.54) is 19.3 Å². The molecular weight excluding hydrogens is 434 g/mol. The normalized spacial score (nSPS) is 36.5. The van der Waals surface area contributed by atoms with Gasteiger partial charge in [-0.15, -0.1) is 0 Å². The molecule has 190 valence electrons. The van der Waals surface area contributed by atoms with E-state index in [-0.39, 0.29) is 66.3 Å². The lowest BCUT2D eigenvalue weighted by Gasteiger charge is -2.38. The topological polar surface area (TPSA) is 120 Å². The van der Waals surface area contributed by atoms with Crippen LogP contribution in [0.5, 0.6) is 0 Å². The molecule has 3 aliphatic carbocycles. The van der Waals surface area contributed by atoms with Gasteiger partial charge in [-0.3, -0.25) is 14.4 Å². The number of urea groups is 1. The Bertz CT molecular complexity index is 781. The smallest absolute Gasteiger partial charge is 0.315 e. The maximum atomic E-state index is 13.0. The van der Waals surface area contributed by atoms with Crippen molar-refractivity contribution < 1.29 is 19.2 Å². The third kappa shape index (κ3) is 5.84. The monoisotopic (exact) mass is 475 g/mol. The number of fused-ring (bicyclic) bond motifs is 1. The van der Waals surface area contributed by atoms with E-state index >= 15 is 0 Å². The fraction of sp³-hybridized carbons (Fsp3) is 0.840. The first-order chi connectivity index (χ1) is 16.3. The van der Waals surface area contributed by atoms with Gasteiger partial charge in [-0.05, 0) is 63.7 Å². The van der Waals surface area contributed by atoms with Gasteiger partial charge >= 0.3 is 6.03 Å². The van der Waals surface area contributed by atoms with Crippen molar-refractivity contribution in [1.29, 1.82) is 0 Å². The van der Waals surface area contributed by atoms with Crippen LogP contribution in [0.25, 0.3) is 0 Å². The van der Waals surface area contributed by atoms with Crippen LogP contribution in [-0.2, 0) is 14.4 Å². The zero-order valence-corrected chi connectivity index (χ0v) is 20.6. The van der Waals surface area contributed by atoms with Crippen molar-refractivity contribution in [3.8, 4) is 0 Å². The summed E-state index contributed by atoms with van der Waals surface area (Å²) < 4.78 is 0. The molecule has 0 spiro atoms. The van der Waals surface area contributed by atoms with Crippen molar-refractivity contribution in [2.45, 2.75) is 102 Å². The van der Waals surface area contributed by atoms with Gasteiger partial charge in [0, 0.05) is 37.1 Å². The summed E-state index contributed by atoms with van der Waals surface area (Å²) in [5.41, 5.74) is 0. The van der Waals surface area contributed by atoms with Crippen LogP contribution in [-0.4, -0.2) is 66.4 Å². The lowest BCUT2D eigenvalue weighted by Crippen LogP contribution is -2.52. The Hall–Kier alpha value is -2.32. The van der Waals surface area contributed by atoms with Gasteiger partial charge in [-0.2, -0.15) is 0 Å². The van der Waals surface area contributed by atoms with Crippen molar-refractivity contribution >= 4 is 23.8 Å². The molecule has 5 unspecified atom stereocenters. The minimum absolute atomic E-state index is 0.0184. The van der Waals surface area contributed by atoms with Gasteiger partial charge in [-0.1, -0.05) is 19.8 Å². The summed E-state index contributed by atoms with van der Waals surface area (Å²) in [6, 6.07) is 0.339. The summed E-state index contributed by atoms with van der Waals surface area (Å²) in [6.45, 7) is 2.25. The molecule has 1 saturated heterocycles. The molecule has 9 nitrogen and oxygen atoms in total. The predicted octanol–water partition coefficient (Wildman–Crippen LogP) is 1.66. The summed E-state index contributed by atoms with van der Waals surface area (Å²) in [5, 5.41) is 12.2. The number of nitrogens with zero attached hydrogens (tertiary/aromatic N) is 1. The van der Waals surface area contributed by atoms with E-state index in [0.29, 0.717) is 25.2 Å². The highest BCUT2D eigenvalue weighted by atomic mass is 16.2. The van der Waals surface area contributed by atoms with E-state index in [1.807, 2.05) is 0 Å². The molecule has 9 heteroatoms. The second-order valence-electron chi connectivity index (χ2n) is 10.9. The number of nitrogens with one attached hydrogen (secondary N) is 4. The minimum atomic E-state index is -0.328. The molecule has 4 rings (SSSR count). The van der Waals surface area contributed by atoms with Crippen LogP contribution in [0.2, 0.25) is 0 Å². The summed E-state index contributed by atoms with van der Waals surface area (Å²) in [7, 11) is 1.75. The number of carbonyl (C=O) groups excluding carboxylic acids is 4. The predicted molar refractivity (Wildman–Crippen MR) is 128 cm³/mol. The molecule has 5 amide bonds. The quantitative estimate of drug-likeness (QED) is 0.494. The number of rotatable bonds is 4. The Morgan fingerprint density at radius 1 is 0.882 bits per heavy atom. The molecule has 0 aromatic rings. The molecular formula is C25H41N5O4. The standard InChI is InChI=1S/C25H41N5O4/c1-15-5-3-4-6-20(15)29-25(34)28-18-10-8-17(9-11-18)27-23(32)16-7-12-21-19(13-16)24(33)26-14-22(31)30(21)2/h15-21H,3-14H2,1-2H3,(H,26,33)(H,27,32)(H2,28,29,34). The van der Waals surface area contributed by atoms with Crippen LogP contribution in [0.3, 0.4) is 0 Å². The highest BCUT2D eigenvalue weighted by Gasteiger charge is 2.43. The zero-order chi connectivity index (χ0) is 24.2. The van der Waals surface area contributed by atoms with Crippen molar-refractivity contribution in [2.24, 2.45) is 17.8 Å². The first kappa shape index (κ1) is 24.8. The Labute approximate surface area is 202 Å². The fourth-order valence-corrected chi connectivity index (χ4v) is 6.37. The second-order valence-corrected chi connectivity index (χ2v) is 10.9. The molecule has 1 aliphatic heterocycles. The van der Waals surface area contributed by atoms with Crippen molar-refractivity contribution in [2.75, 3.05) is 13.6 Å². The Kier molecular flexibility index (Phi) is 7.99. The van der Waals surface area contributed by atoms with Gasteiger partial charge in [-0.25, -0.2) is 4.79 Å². The van der Waals surface area contributed by atoms with Crippen molar-refractivity contribution in [3.63, 3.8) is 0 Å². The van der Waals surface area contributed by atoms with Gasteiger partial charge in [0.25, 0.3) is 0 Å². The van der Waals surface area contributed by atoms with Crippen LogP contribution in [0.4, 0.5) is 4.79 Å². The highest BCUT2D eigenvalue weighted by Crippen LogP contribution is 2.34. The molecule has 5 atom stereocenters. The average molecular weight is 476 g/mol. The average Bonchev–Trinajstić information content (AvgIpc) is 2.93. The summed E-state index contributed by atoms with van der Waals surface area (Å²) in [5.74, 6) is -0.168. The van der Waals surface area contributed by atoms with Crippen LogP contribution >= 0.6 is 0 Å². The molecule has 0 bridgehead atoms. The lowest BCUT2D eigenvalue weighted by atomic mass is 9.76. The molecule has 4 aliphatic rings. The third-order valence-electron chi connectivity index (χ3n) is 8.66. The number of hydrogen-bond acceptors (Lipinski definition) is 4. The van der Waals surface area contributed by atoms with E-state index in [9.17, 15) is 19.2 Å². The molecule has 0 aromatic heterocycles. The van der Waals surface area contributed by atoms with Crippen molar-refractivity contribution in [3.05, 3.63) is 0 Å². The SMILES string of the molecule is CC1CCCCC1NC(=O)NC1CCC(NC(=O)C2CCC3C(C2)C(=O)NCC(=O)N3C)CC1. The number of carbonyl (C=O) groups is 4. The maximum absolute atomic E-state index is 13.0. The number of hydrogen-bond donors (Lipinski definition) is 4. The van der Waals surface area contributed by atoms with E-state index in [0.717, 1.165) is 32.1 Å². The van der Waals surface area contributed by atoms with Crippen LogP contribution in [0, 0.1) is 17.8 Å². The zero-order valence-electron chi connectivity index (χ0n) is 20.6.